The van der Waals surface area contributed by atoms with Crippen molar-refractivity contribution < 1.29 is 9.53 Å². The quantitative estimate of drug-likeness (QED) is 0.635. The number of carbonyl (C=O) groups is 1. The first-order chi connectivity index (χ1) is 8.27. The van der Waals surface area contributed by atoms with Gasteiger partial charge < -0.3 is 4.74 Å². The first kappa shape index (κ1) is 12.1. The Bertz CT molecular complexity index is 367. The van der Waals surface area contributed by atoms with Crippen LogP contribution in [0.1, 0.15) is 24.8 Å². The van der Waals surface area contributed by atoms with Gasteiger partial charge in [0, 0.05) is 6.54 Å². The van der Waals surface area contributed by atoms with Gasteiger partial charge in [0.1, 0.15) is 12.6 Å². The number of hydrogen-bond acceptors (Lipinski definition) is 4. The molecule has 4 heteroatoms. The van der Waals surface area contributed by atoms with Crippen LogP contribution in [0.25, 0.3) is 0 Å². The Kier molecular flexibility index (Phi) is 4.12. The summed E-state index contributed by atoms with van der Waals surface area (Å²) in [6.07, 6.45) is 2.89. The van der Waals surface area contributed by atoms with Gasteiger partial charge in [-0.2, -0.15) is 0 Å². The molecule has 0 bridgehead atoms. The van der Waals surface area contributed by atoms with E-state index in [2.05, 4.69) is 0 Å². The van der Waals surface area contributed by atoms with E-state index in [-0.39, 0.29) is 12.0 Å². The Morgan fingerprint density at radius 3 is 2.82 bits per heavy atom. The van der Waals surface area contributed by atoms with Crippen LogP contribution in [0.3, 0.4) is 0 Å². The van der Waals surface area contributed by atoms with E-state index in [0.29, 0.717) is 6.61 Å². The number of piperidine rings is 1. The lowest BCUT2D eigenvalue weighted by molar-refractivity contribution is -0.152. The topological polar surface area (TPSA) is 55.6 Å². The van der Waals surface area contributed by atoms with Gasteiger partial charge in [-0.05, 0) is 24.8 Å². The third-order valence-corrected chi connectivity index (χ3v) is 3.04. The largest absolute Gasteiger partial charge is 0.460 e. The Labute approximate surface area is 101 Å². The highest BCUT2D eigenvalue weighted by atomic mass is 16.5. The van der Waals surface area contributed by atoms with E-state index < -0.39 is 0 Å². The zero-order chi connectivity index (χ0) is 12.1. The van der Waals surface area contributed by atoms with Crippen molar-refractivity contribution in [3.8, 4) is 0 Å². The van der Waals surface area contributed by atoms with Gasteiger partial charge in [0.05, 0.1) is 0 Å². The van der Waals surface area contributed by atoms with E-state index >= 15 is 0 Å². The minimum atomic E-state index is -0.271. The number of hydrazine groups is 1. The fourth-order valence-electron chi connectivity index (χ4n) is 2.03. The van der Waals surface area contributed by atoms with Gasteiger partial charge in [-0.25, -0.2) is 5.01 Å². The zero-order valence-electron chi connectivity index (χ0n) is 9.84. The summed E-state index contributed by atoms with van der Waals surface area (Å²) in [5.41, 5.74) is 1.00. The minimum Gasteiger partial charge on any atom is -0.460 e. The highest BCUT2D eigenvalue weighted by Crippen LogP contribution is 2.15. The third-order valence-electron chi connectivity index (χ3n) is 3.04. The summed E-state index contributed by atoms with van der Waals surface area (Å²) in [6, 6.07) is 9.40. The number of rotatable bonds is 3. The highest BCUT2D eigenvalue weighted by molar-refractivity contribution is 5.75. The normalized spacial score (nSPS) is 21.1. The fraction of sp³-hybridized carbons (Fsp3) is 0.462. The van der Waals surface area contributed by atoms with Crippen LogP contribution in [0.5, 0.6) is 0 Å². The molecule has 92 valence electrons. The van der Waals surface area contributed by atoms with Crippen molar-refractivity contribution in [3.63, 3.8) is 0 Å². The second kappa shape index (κ2) is 5.80. The number of hydrogen-bond donors (Lipinski definition) is 1. The predicted octanol–water partition coefficient (Wildman–Crippen LogP) is 1.46. The lowest BCUT2D eigenvalue weighted by atomic mass is 10.0. The van der Waals surface area contributed by atoms with E-state index in [4.69, 9.17) is 10.6 Å². The molecular weight excluding hydrogens is 216 g/mol. The van der Waals surface area contributed by atoms with Crippen LogP contribution in [0, 0.1) is 0 Å². The average molecular weight is 234 g/mol. The molecule has 1 aliphatic heterocycles. The molecule has 0 aromatic heterocycles. The Hall–Kier alpha value is -1.39. The molecule has 2 rings (SSSR count). The summed E-state index contributed by atoms with van der Waals surface area (Å²) < 4.78 is 5.28. The molecule has 1 fully saturated rings. The van der Waals surface area contributed by atoms with Crippen LogP contribution in [-0.4, -0.2) is 23.6 Å². The van der Waals surface area contributed by atoms with Crippen molar-refractivity contribution in [1.29, 1.82) is 0 Å². The Morgan fingerprint density at radius 2 is 2.12 bits per heavy atom. The molecule has 4 nitrogen and oxygen atoms in total. The van der Waals surface area contributed by atoms with Crippen LogP contribution < -0.4 is 5.84 Å². The van der Waals surface area contributed by atoms with Crippen LogP contribution in [-0.2, 0) is 16.1 Å². The summed E-state index contributed by atoms with van der Waals surface area (Å²) in [4.78, 5) is 11.8. The molecular formula is C13H18N2O2. The number of esters is 1. The van der Waals surface area contributed by atoms with Crippen LogP contribution >= 0.6 is 0 Å². The SMILES string of the molecule is NN1CCCCC1C(=O)OCc1ccccc1. The van der Waals surface area contributed by atoms with E-state index in [1.54, 1.807) is 5.01 Å². The standard InChI is InChI=1S/C13H18N2O2/c14-15-9-5-4-8-12(15)13(16)17-10-11-6-2-1-3-7-11/h1-3,6-7,12H,4-5,8-10,14H2. The van der Waals surface area contributed by atoms with Gasteiger partial charge in [-0.3, -0.25) is 10.6 Å². The fourth-order valence-corrected chi connectivity index (χ4v) is 2.03. The Balaban J connectivity index is 1.84. The maximum atomic E-state index is 11.8. The van der Waals surface area contributed by atoms with Crippen molar-refractivity contribution in [2.75, 3.05) is 6.54 Å². The van der Waals surface area contributed by atoms with Gasteiger partial charge in [0.2, 0.25) is 0 Å². The molecule has 2 N–H and O–H groups in total. The van der Waals surface area contributed by atoms with Crippen LogP contribution in [0.15, 0.2) is 30.3 Å². The van der Waals surface area contributed by atoms with Crippen molar-refractivity contribution in [3.05, 3.63) is 35.9 Å². The molecule has 1 aromatic carbocycles. The van der Waals surface area contributed by atoms with Crippen molar-refractivity contribution in [2.45, 2.75) is 31.9 Å². The zero-order valence-corrected chi connectivity index (χ0v) is 9.84. The van der Waals surface area contributed by atoms with Gasteiger partial charge in [0.15, 0.2) is 0 Å². The highest BCUT2D eigenvalue weighted by Gasteiger charge is 2.27. The summed E-state index contributed by atoms with van der Waals surface area (Å²) in [7, 11) is 0. The molecule has 1 aliphatic rings. The molecule has 0 spiro atoms. The molecule has 0 radical (unpaired) electrons. The molecule has 1 atom stereocenters. The molecule has 17 heavy (non-hydrogen) atoms. The lowest BCUT2D eigenvalue weighted by Crippen LogP contribution is -2.49. The summed E-state index contributed by atoms with van der Waals surface area (Å²) in [5, 5.41) is 1.59. The van der Waals surface area contributed by atoms with Crippen molar-refractivity contribution in [2.24, 2.45) is 5.84 Å². The second-order valence-corrected chi connectivity index (χ2v) is 4.34. The first-order valence-electron chi connectivity index (χ1n) is 5.99. The molecule has 1 heterocycles. The number of carbonyl (C=O) groups excluding carboxylic acids is 1. The smallest absolute Gasteiger partial charge is 0.325 e. The maximum Gasteiger partial charge on any atom is 0.325 e. The van der Waals surface area contributed by atoms with E-state index in [0.717, 1.165) is 31.4 Å². The number of benzene rings is 1. The maximum absolute atomic E-state index is 11.8. The minimum absolute atomic E-state index is 0.212. The van der Waals surface area contributed by atoms with Crippen molar-refractivity contribution >= 4 is 5.97 Å². The predicted molar refractivity (Wildman–Crippen MR) is 64.8 cm³/mol. The van der Waals surface area contributed by atoms with Gasteiger partial charge >= 0.3 is 5.97 Å². The summed E-state index contributed by atoms with van der Waals surface area (Å²) >= 11 is 0. The average Bonchev–Trinajstić information content (AvgIpc) is 2.38. The lowest BCUT2D eigenvalue weighted by Gasteiger charge is -2.29. The first-order valence-corrected chi connectivity index (χ1v) is 5.99. The summed E-state index contributed by atoms with van der Waals surface area (Å²) in [5.74, 6) is 5.57. The van der Waals surface area contributed by atoms with E-state index in [1.165, 1.54) is 0 Å². The van der Waals surface area contributed by atoms with E-state index in [1.807, 2.05) is 30.3 Å². The number of nitrogens with two attached hydrogens (primary N) is 1. The molecule has 0 amide bonds. The molecule has 1 saturated heterocycles. The third kappa shape index (κ3) is 3.28. The molecule has 1 unspecified atom stereocenters. The monoisotopic (exact) mass is 234 g/mol. The molecule has 0 aliphatic carbocycles. The van der Waals surface area contributed by atoms with Crippen LogP contribution in [0.4, 0.5) is 0 Å². The second-order valence-electron chi connectivity index (χ2n) is 4.34. The van der Waals surface area contributed by atoms with E-state index in [9.17, 15) is 4.79 Å². The molecule has 1 aromatic rings. The van der Waals surface area contributed by atoms with Gasteiger partial charge in [0.25, 0.3) is 0 Å². The number of ether oxygens (including phenoxy) is 1. The van der Waals surface area contributed by atoms with Crippen molar-refractivity contribution in [1.82, 2.24) is 5.01 Å². The van der Waals surface area contributed by atoms with Crippen LogP contribution in [0.2, 0.25) is 0 Å². The Morgan fingerprint density at radius 1 is 1.35 bits per heavy atom. The molecule has 0 saturated carbocycles. The van der Waals surface area contributed by atoms with Gasteiger partial charge in [-0.15, -0.1) is 0 Å². The summed E-state index contributed by atoms with van der Waals surface area (Å²) in [6.45, 7) is 1.09. The van der Waals surface area contributed by atoms with Gasteiger partial charge in [-0.1, -0.05) is 30.3 Å². The number of nitrogens with zero attached hydrogens (tertiary/aromatic N) is 1.